The van der Waals surface area contributed by atoms with E-state index in [1.54, 1.807) is 24.0 Å². The Bertz CT molecular complexity index is 498. The van der Waals surface area contributed by atoms with Gasteiger partial charge in [0.15, 0.2) is 0 Å². The van der Waals surface area contributed by atoms with Gasteiger partial charge in [-0.3, -0.25) is 9.59 Å². The first kappa shape index (κ1) is 15.4. The zero-order chi connectivity index (χ0) is 15.2. The number of hydrogen-bond donors (Lipinski definition) is 1. The Hall–Kier alpha value is -1.95. The molecule has 1 atom stereocenters. The minimum atomic E-state index is -0.573. The first-order valence-corrected chi connectivity index (χ1v) is 6.96. The number of hydrogen-bond acceptors (Lipinski definition) is 3. The lowest BCUT2D eigenvalue weighted by Gasteiger charge is -2.29. The molecule has 1 aliphatic rings. The maximum atomic E-state index is 12.8. The molecule has 0 unspecified atom stereocenters. The van der Waals surface area contributed by atoms with Crippen molar-refractivity contribution in [1.29, 1.82) is 0 Å². The maximum Gasteiger partial charge on any atom is 0.245 e. The summed E-state index contributed by atoms with van der Waals surface area (Å²) >= 11 is 0. The highest BCUT2D eigenvalue weighted by Crippen LogP contribution is 2.05. The molecule has 0 aliphatic carbocycles. The van der Waals surface area contributed by atoms with E-state index in [1.807, 2.05) is 0 Å². The fourth-order valence-electron chi connectivity index (χ4n) is 2.20. The van der Waals surface area contributed by atoms with Crippen LogP contribution in [0.25, 0.3) is 0 Å². The van der Waals surface area contributed by atoms with Crippen molar-refractivity contribution >= 4 is 11.8 Å². The SMILES string of the molecule is C[C@@H](NC(=O)Cc1ccc(F)cc1)C(=O)N1CCOCC1. The minimum absolute atomic E-state index is 0.106. The maximum absolute atomic E-state index is 12.8. The number of ether oxygens (including phenoxy) is 1. The van der Waals surface area contributed by atoms with Crippen LogP contribution in [0, 0.1) is 5.82 Å². The van der Waals surface area contributed by atoms with Crippen LogP contribution in [-0.4, -0.2) is 49.1 Å². The molecule has 2 amide bonds. The van der Waals surface area contributed by atoms with E-state index >= 15 is 0 Å². The first-order chi connectivity index (χ1) is 10.1. The molecular formula is C15H19FN2O3. The van der Waals surface area contributed by atoms with E-state index < -0.39 is 6.04 Å². The lowest BCUT2D eigenvalue weighted by molar-refractivity contribution is -0.139. The fourth-order valence-corrected chi connectivity index (χ4v) is 2.20. The second kappa shape index (κ2) is 7.17. The highest BCUT2D eigenvalue weighted by molar-refractivity contribution is 5.88. The van der Waals surface area contributed by atoms with Crippen LogP contribution < -0.4 is 5.32 Å². The first-order valence-electron chi connectivity index (χ1n) is 6.96. The zero-order valence-corrected chi connectivity index (χ0v) is 12.0. The summed E-state index contributed by atoms with van der Waals surface area (Å²) in [5, 5.41) is 2.68. The molecule has 21 heavy (non-hydrogen) atoms. The molecule has 0 saturated carbocycles. The summed E-state index contributed by atoms with van der Waals surface area (Å²) in [6.45, 7) is 3.83. The summed E-state index contributed by atoms with van der Waals surface area (Å²) in [7, 11) is 0. The van der Waals surface area contributed by atoms with Crippen molar-refractivity contribution in [3.05, 3.63) is 35.6 Å². The van der Waals surface area contributed by atoms with Gasteiger partial charge in [0, 0.05) is 13.1 Å². The normalized spacial score (nSPS) is 16.4. The van der Waals surface area contributed by atoms with Gasteiger partial charge in [0.25, 0.3) is 0 Å². The molecule has 1 fully saturated rings. The minimum Gasteiger partial charge on any atom is -0.378 e. The lowest BCUT2D eigenvalue weighted by atomic mass is 10.1. The molecule has 1 saturated heterocycles. The number of nitrogens with zero attached hydrogens (tertiary/aromatic N) is 1. The van der Waals surface area contributed by atoms with Crippen LogP contribution in [0.15, 0.2) is 24.3 Å². The second-order valence-corrected chi connectivity index (χ2v) is 5.03. The van der Waals surface area contributed by atoms with Crippen molar-refractivity contribution in [2.24, 2.45) is 0 Å². The Morgan fingerprint density at radius 1 is 1.29 bits per heavy atom. The molecule has 0 radical (unpaired) electrons. The topological polar surface area (TPSA) is 58.6 Å². The summed E-state index contributed by atoms with van der Waals surface area (Å²) < 4.78 is 18.0. The third kappa shape index (κ3) is 4.53. The summed E-state index contributed by atoms with van der Waals surface area (Å²) in [6.07, 6.45) is 0.126. The van der Waals surface area contributed by atoms with Gasteiger partial charge in [0.1, 0.15) is 11.9 Å². The molecule has 1 N–H and O–H groups in total. The van der Waals surface area contributed by atoms with Crippen molar-refractivity contribution in [1.82, 2.24) is 10.2 Å². The van der Waals surface area contributed by atoms with E-state index in [-0.39, 0.29) is 24.1 Å². The van der Waals surface area contributed by atoms with Crippen LogP contribution in [0.5, 0.6) is 0 Å². The second-order valence-electron chi connectivity index (χ2n) is 5.03. The van der Waals surface area contributed by atoms with Crippen molar-refractivity contribution < 1.29 is 18.7 Å². The third-order valence-corrected chi connectivity index (χ3v) is 3.35. The van der Waals surface area contributed by atoms with E-state index in [0.717, 1.165) is 0 Å². The number of amides is 2. The lowest BCUT2D eigenvalue weighted by Crippen LogP contribution is -2.50. The van der Waals surface area contributed by atoms with Gasteiger partial charge in [-0.1, -0.05) is 12.1 Å². The Morgan fingerprint density at radius 3 is 2.52 bits per heavy atom. The van der Waals surface area contributed by atoms with E-state index in [9.17, 15) is 14.0 Å². The van der Waals surface area contributed by atoms with E-state index in [1.165, 1.54) is 12.1 Å². The van der Waals surface area contributed by atoms with Crippen LogP contribution >= 0.6 is 0 Å². The molecule has 6 heteroatoms. The Labute approximate surface area is 123 Å². The Morgan fingerprint density at radius 2 is 1.90 bits per heavy atom. The van der Waals surface area contributed by atoms with E-state index in [2.05, 4.69) is 5.32 Å². The largest absolute Gasteiger partial charge is 0.378 e. The number of benzene rings is 1. The van der Waals surface area contributed by atoms with Gasteiger partial charge in [-0.05, 0) is 24.6 Å². The van der Waals surface area contributed by atoms with Gasteiger partial charge in [0.2, 0.25) is 11.8 Å². The van der Waals surface area contributed by atoms with Gasteiger partial charge in [-0.15, -0.1) is 0 Å². The molecule has 0 aromatic heterocycles. The van der Waals surface area contributed by atoms with Gasteiger partial charge < -0.3 is 15.0 Å². The van der Waals surface area contributed by atoms with Crippen LogP contribution in [0.2, 0.25) is 0 Å². The highest BCUT2D eigenvalue weighted by atomic mass is 19.1. The quantitative estimate of drug-likeness (QED) is 0.891. The van der Waals surface area contributed by atoms with Crippen LogP contribution in [-0.2, 0) is 20.7 Å². The van der Waals surface area contributed by atoms with Gasteiger partial charge in [-0.2, -0.15) is 0 Å². The summed E-state index contributed by atoms with van der Waals surface area (Å²) in [6, 6.07) is 5.17. The fraction of sp³-hybridized carbons (Fsp3) is 0.467. The van der Waals surface area contributed by atoms with E-state index in [0.29, 0.717) is 31.9 Å². The van der Waals surface area contributed by atoms with E-state index in [4.69, 9.17) is 4.74 Å². The molecule has 114 valence electrons. The number of halogens is 1. The third-order valence-electron chi connectivity index (χ3n) is 3.35. The number of carbonyl (C=O) groups is 2. The van der Waals surface area contributed by atoms with Crippen molar-refractivity contribution in [2.45, 2.75) is 19.4 Å². The average Bonchev–Trinajstić information content (AvgIpc) is 2.49. The van der Waals surface area contributed by atoms with Gasteiger partial charge in [0.05, 0.1) is 19.6 Å². The molecule has 1 aromatic carbocycles. The predicted octanol–water partition coefficient (Wildman–Crippen LogP) is 0.732. The monoisotopic (exact) mass is 294 g/mol. The molecule has 2 rings (SSSR count). The molecular weight excluding hydrogens is 275 g/mol. The highest BCUT2D eigenvalue weighted by Gasteiger charge is 2.23. The molecule has 1 aromatic rings. The number of nitrogens with one attached hydrogen (secondary N) is 1. The summed E-state index contributed by atoms with van der Waals surface area (Å²) in [4.78, 5) is 25.7. The van der Waals surface area contributed by atoms with Crippen molar-refractivity contribution in [3.63, 3.8) is 0 Å². The van der Waals surface area contributed by atoms with Gasteiger partial charge >= 0.3 is 0 Å². The number of carbonyl (C=O) groups excluding carboxylic acids is 2. The number of morpholine rings is 1. The smallest absolute Gasteiger partial charge is 0.245 e. The van der Waals surface area contributed by atoms with Crippen LogP contribution in [0.4, 0.5) is 4.39 Å². The van der Waals surface area contributed by atoms with Crippen molar-refractivity contribution in [3.8, 4) is 0 Å². The predicted molar refractivity (Wildman–Crippen MR) is 75.1 cm³/mol. The molecule has 1 aliphatic heterocycles. The Kier molecular flexibility index (Phi) is 5.27. The molecule has 0 bridgehead atoms. The summed E-state index contributed by atoms with van der Waals surface area (Å²) in [5.41, 5.74) is 0.708. The molecule has 0 spiro atoms. The average molecular weight is 294 g/mol. The van der Waals surface area contributed by atoms with Crippen molar-refractivity contribution in [2.75, 3.05) is 26.3 Å². The molecule has 5 nitrogen and oxygen atoms in total. The number of rotatable bonds is 4. The Balaban J connectivity index is 1.83. The van der Waals surface area contributed by atoms with Crippen LogP contribution in [0.1, 0.15) is 12.5 Å². The van der Waals surface area contributed by atoms with Gasteiger partial charge in [-0.25, -0.2) is 4.39 Å². The summed E-state index contributed by atoms with van der Waals surface area (Å²) in [5.74, 6) is -0.698. The standard InChI is InChI=1S/C15H19FN2O3/c1-11(15(20)18-6-8-21-9-7-18)17-14(19)10-12-2-4-13(16)5-3-12/h2-5,11H,6-10H2,1H3,(H,17,19)/t11-/m1/s1. The molecule has 1 heterocycles. The zero-order valence-electron chi connectivity index (χ0n) is 12.0. The van der Waals surface area contributed by atoms with Crippen LogP contribution in [0.3, 0.4) is 0 Å².